The van der Waals surface area contributed by atoms with E-state index in [0.717, 1.165) is 5.56 Å². The van der Waals surface area contributed by atoms with E-state index in [2.05, 4.69) is 0 Å². The second kappa shape index (κ2) is 6.70. The van der Waals surface area contributed by atoms with Crippen LogP contribution < -0.4 is 0 Å². The fraction of sp³-hybridized carbons (Fsp3) is 0.600. The van der Waals surface area contributed by atoms with Crippen LogP contribution in [0.1, 0.15) is 22.3 Å². The van der Waals surface area contributed by atoms with Crippen LogP contribution in [0.4, 0.5) is 0 Å². The van der Waals surface area contributed by atoms with E-state index in [4.69, 9.17) is 14.5 Å². The van der Waals surface area contributed by atoms with Crippen LogP contribution in [-0.4, -0.2) is 65.6 Å². The van der Waals surface area contributed by atoms with Crippen LogP contribution in [0.5, 0.6) is 0 Å². The summed E-state index contributed by atoms with van der Waals surface area (Å²) < 4.78 is 16.5. The molecule has 1 aliphatic rings. The van der Waals surface area contributed by atoms with E-state index in [1.807, 2.05) is 6.92 Å². The Hall–Kier alpha value is -0.870. The molecule has 9 nitrogen and oxygen atoms in total. The summed E-state index contributed by atoms with van der Waals surface area (Å²) in [6.07, 6.45) is -8.07. The monoisotopic (exact) mass is 378 g/mol. The first kappa shape index (κ1) is 20.4. The second-order valence-electron chi connectivity index (χ2n) is 6.48. The lowest BCUT2D eigenvalue weighted by Crippen LogP contribution is -2.65. The molecule has 25 heavy (non-hydrogen) atoms. The van der Waals surface area contributed by atoms with Crippen molar-refractivity contribution in [3.8, 4) is 0 Å². The van der Waals surface area contributed by atoms with Gasteiger partial charge in [0, 0.05) is 5.56 Å². The van der Waals surface area contributed by atoms with E-state index in [-0.39, 0.29) is 5.56 Å². The maximum Gasteiger partial charge on any atom is 0.356 e. The molecule has 1 saturated heterocycles. The van der Waals surface area contributed by atoms with Crippen LogP contribution in [-0.2, 0) is 15.1 Å². The lowest BCUT2D eigenvalue weighted by molar-refractivity contribution is -0.361. The van der Waals surface area contributed by atoms with Crippen molar-refractivity contribution in [2.24, 2.45) is 0 Å². The van der Waals surface area contributed by atoms with Crippen LogP contribution in [0.25, 0.3) is 0 Å². The summed E-state index contributed by atoms with van der Waals surface area (Å²) in [4.78, 5) is 18.3. The zero-order chi connectivity index (χ0) is 19.3. The van der Waals surface area contributed by atoms with Gasteiger partial charge in [-0.1, -0.05) is 17.7 Å². The predicted octanol–water partition coefficient (Wildman–Crippen LogP) is -1.27. The molecule has 142 valence electrons. The average molecular weight is 378 g/mol. The molecule has 2 unspecified atom stereocenters. The van der Waals surface area contributed by atoms with Gasteiger partial charge in [-0.05, 0) is 31.9 Å². The highest BCUT2D eigenvalue weighted by atomic mass is 31.2. The summed E-state index contributed by atoms with van der Waals surface area (Å²) in [6, 6.07) is 3.37. The number of rotatable bonds is 3. The summed E-state index contributed by atoms with van der Waals surface area (Å²) in [5.74, 6) is -5.08. The molecule has 0 amide bonds. The van der Waals surface area contributed by atoms with Gasteiger partial charge in [0.15, 0.2) is 5.85 Å². The normalized spacial score (nSPS) is 34.8. The molecule has 6 atom stereocenters. The lowest BCUT2D eigenvalue weighted by Gasteiger charge is -2.47. The number of benzene rings is 1. The summed E-state index contributed by atoms with van der Waals surface area (Å²) in [5.41, 5.74) is 1.93. The minimum atomic E-state index is -5.12. The van der Waals surface area contributed by atoms with Gasteiger partial charge in [-0.25, -0.2) is 0 Å². The molecule has 2 rings (SSSR count). The van der Waals surface area contributed by atoms with E-state index in [1.54, 1.807) is 26.0 Å². The summed E-state index contributed by atoms with van der Waals surface area (Å²) >= 11 is 0. The minimum Gasteiger partial charge on any atom is -0.387 e. The predicted molar refractivity (Wildman–Crippen MR) is 85.5 cm³/mol. The Morgan fingerprint density at radius 2 is 1.56 bits per heavy atom. The molecule has 0 radical (unpaired) electrons. The van der Waals surface area contributed by atoms with Gasteiger partial charge in [0.2, 0.25) is 5.79 Å². The Kier molecular flexibility index (Phi) is 5.48. The number of hydrogen-bond acceptors (Lipinski definition) is 7. The Morgan fingerprint density at radius 1 is 1.08 bits per heavy atom. The Labute approximate surface area is 144 Å². The maximum atomic E-state index is 11.3. The van der Waals surface area contributed by atoms with Crippen molar-refractivity contribution < 1.29 is 44.6 Å². The molecule has 1 aromatic rings. The van der Waals surface area contributed by atoms with Gasteiger partial charge in [0.1, 0.15) is 24.4 Å². The molecule has 7 N–H and O–H groups in total. The van der Waals surface area contributed by atoms with Crippen molar-refractivity contribution in [3.63, 3.8) is 0 Å². The summed E-state index contributed by atoms with van der Waals surface area (Å²) in [5, 5.41) is 51.0. The number of aryl methyl sites for hydroxylation is 3. The smallest absolute Gasteiger partial charge is 0.356 e. The van der Waals surface area contributed by atoms with Crippen molar-refractivity contribution in [2.75, 3.05) is 0 Å². The van der Waals surface area contributed by atoms with Crippen LogP contribution in [0, 0.1) is 20.8 Å². The molecule has 0 aromatic heterocycles. The second-order valence-corrected chi connectivity index (χ2v) is 8.19. The Bertz CT molecular complexity index is 679. The number of aliphatic hydroxyl groups is 5. The molecule has 0 saturated carbocycles. The lowest BCUT2D eigenvalue weighted by atomic mass is 9.83. The topological polar surface area (TPSA) is 168 Å². The molecule has 1 aliphatic heterocycles. The molecule has 10 heteroatoms. The van der Waals surface area contributed by atoms with E-state index in [1.165, 1.54) is 0 Å². The highest BCUT2D eigenvalue weighted by Crippen LogP contribution is 2.48. The molecular weight excluding hydrogens is 355 g/mol. The first-order chi connectivity index (χ1) is 11.3. The van der Waals surface area contributed by atoms with Gasteiger partial charge in [0.05, 0.1) is 0 Å². The van der Waals surface area contributed by atoms with E-state index < -0.39 is 43.6 Å². The first-order valence-electron chi connectivity index (χ1n) is 7.56. The van der Waals surface area contributed by atoms with Gasteiger partial charge < -0.3 is 40.1 Å². The molecule has 0 aliphatic carbocycles. The molecule has 1 fully saturated rings. The summed E-state index contributed by atoms with van der Waals surface area (Å²) in [7, 11) is -5.12. The fourth-order valence-corrected chi connectivity index (χ4v) is 3.96. The third-order valence-electron chi connectivity index (χ3n) is 4.40. The minimum absolute atomic E-state index is 0.0828. The first-order valence-corrected chi connectivity index (χ1v) is 9.25. The van der Waals surface area contributed by atoms with Crippen molar-refractivity contribution in [3.05, 3.63) is 34.4 Å². The van der Waals surface area contributed by atoms with Crippen molar-refractivity contribution in [1.82, 2.24) is 0 Å². The third-order valence-corrected chi connectivity index (χ3v) is 5.38. The van der Waals surface area contributed by atoms with Crippen LogP contribution in [0.15, 0.2) is 12.1 Å². The Balaban J connectivity index is 2.58. The quantitative estimate of drug-likeness (QED) is 0.317. The number of ether oxygens (including phenoxy) is 1. The third kappa shape index (κ3) is 3.52. The van der Waals surface area contributed by atoms with Crippen molar-refractivity contribution in [1.29, 1.82) is 0 Å². The highest BCUT2D eigenvalue weighted by molar-refractivity contribution is 7.52. The Morgan fingerprint density at radius 3 is 2.00 bits per heavy atom. The molecule has 1 heterocycles. The number of hydrogen-bond donors (Lipinski definition) is 7. The SMILES string of the molecule is Cc1cc(C)c(C2(O)O[C@H](C(O)P(=O)(O)O)[C@@H](O)[C@H](O)[C@@H]2O)c(C)c1. The zero-order valence-corrected chi connectivity index (χ0v) is 14.8. The van der Waals surface area contributed by atoms with Gasteiger partial charge in [-0.3, -0.25) is 4.57 Å². The molecule has 0 bridgehead atoms. The van der Waals surface area contributed by atoms with Crippen LogP contribution in [0.3, 0.4) is 0 Å². The molecule has 1 aromatic carbocycles. The highest BCUT2D eigenvalue weighted by Gasteiger charge is 2.58. The molecule has 0 spiro atoms. The molecular formula is C15H23O9P. The standard InChI is InChI=1S/C15H23O9P/c1-6-4-7(2)9(8(3)5-6)15(20)13(18)11(17)10(16)12(24-15)14(19)25(21,22)23/h4-5,10-14,16-20H,1-3H3,(H2,21,22,23)/t10-,11-,12-,13-,14?,15?/m0/s1. The van der Waals surface area contributed by atoms with E-state index in [9.17, 15) is 30.1 Å². The largest absolute Gasteiger partial charge is 0.387 e. The van der Waals surface area contributed by atoms with Crippen molar-refractivity contribution in [2.45, 2.75) is 56.8 Å². The van der Waals surface area contributed by atoms with Gasteiger partial charge in [-0.2, -0.15) is 0 Å². The van der Waals surface area contributed by atoms with Gasteiger partial charge in [-0.15, -0.1) is 0 Å². The van der Waals surface area contributed by atoms with E-state index in [0.29, 0.717) is 11.1 Å². The maximum absolute atomic E-state index is 11.3. The van der Waals surface area contributed by atoms with Crippen molar-refractivity contribution >= 4 is 7.60 Å². The average Bonchev–Trinajstić information content (AvgIpc) is 2.46. The fourth-order valence-electron chi connectivity index (χ4n) is 3.34. The zero-order valence-electron chi connectivity index (χ0n) is 13.9. The van der Waals surface area contributed by atoms with E-state index >= 15 is 0 Å². The number of aliphatic hydroxyl groups excluding tert-OH is 4. The van der Waals surface area contributed by atoms with Gasteiger partial charge >= 0.3 is 7.60 Å². The summed E-state index contributed by atoms with van der Waals surface area (Å²) in [6.45, 7) is 5.05. The van der Waals surface area contributed by atoms with Crippen LogP contribution in [0.2, 0.25) is 0 Å². The van der Waals surface area contributed by atoms with Gasteiger partial charge in [0.25, 0.3) is 0 Å². The van der Waals surface area contributed by atoms with Crippen LogP contribution >= 0.6 is 7.60 Å².